The molecule has 3 heteroatoms. The molecule has 0 aliphatic carbocycles. The number of aryl methyl sites for hydroxylation is 2. The van der Waals surface area contributed by atoms with Gasteiger partial charge in [-0.15, -0.1) is 0 Å². The Morgan fingerprint density at radius 1 is 1.21 bits per heavy atom. The summed E-state index contributed by atoms with van der Waals surface area (Å²) < 4.78 is 5.22. The standard InChI is InChI=1S/C16H19NO2/c1-11-6-7-13(9-12(11)2)10-14(18)16-15(19-3)5-4-8-17-16/h4-9,14,18H,10H2,1-3H3. The molecule has 2 aromatic rings. The van der Waals surface area contributed by atoms with Crippen molar-refractivity contribution in [3.8, 4) is 5.75 Å². The molecule has 19 heavy (non-hydrogen) atoms. The predicted octanol–water partition coefficient (Wildman–Crippen LogP) is 2.98. The van der Waals surface area contributed by atoms with E-state index in [4.69, 9.17) is 4.74 Å². The molecule has 0 aliphatic rings. The highest BCUT2D eigenvalue weighted by Crippen LogP contribution is 2.25. The molecule has 100 valence electrons. The Kier molecular flexibility index (Phi) is 4.17. The normalized spacial score (nSPS) is 12.2. The summed E-state index contributed by atoms with van der Waals surface area (Å²) in [4.78, 5) is 4.21. The maximum Gasteiger partial charge on any atom is 0.143 e. The van der Waals surface area contributed by atoms with E-state index in [1.54, 1.807) is 19.4 Å². The molecule has 0 saturated carbocycles. The van der Waals surface area contributed by atoms with Crippen LogP contribution in [0.15, 0.2) is 36.5 Å². The molecule has 1 aromatic carbocycles. The van der Waals surface area contributed by atoms with Crippen molar-refractivity contribution in [2.75, 3.05) is 7.11 Å². The highest BCUT2D eigenvalue weighted by molar-refractivity contribution is 5.33. The van der Waals surface area contributed by atoms with E-state index in [9.17, 15) is 5.11 Å². The van der Waals surface area contributed by atoms with Crippen LogP contribution in [0, 0.1) is 13.8 Å². The first kappa shape index (κ1) is 13.6. The van der Waals surface area contributed by atoms with Gasteiger partial charge in [-0.25, -0.2) is 0 Å². The lowest BCUT2D eigenvalue weighted by Gasteiger charge is -2.14. The smallest absolute Gasteiger partial charge is 0.143 e. The van der Waals surface area contributed by atoms with Gasteiger partial charge in [-0.2, -0.15) is 0 Å². The van der Waals surface area contributed by atoms with Crippen LogP contribution in [0.1, 0.15) is 28.5 Å². The van der Waals surface area contributed by atoms with Crippen LogP contribution < -0.4 is 4.74 Å². The minimum atomic E-state index is -0.654. The molecule has 1 N–H and O–H groups in total. The third kappa shape index (κ3) is 3.12. The van der Waals surface area contributed by atoms with Crippen molar-refractivity contribution in [3.63, 3.8) is 0 Å². The number of nitrogens with zero attached hydrogens (tertiary/aromatic N) is 1. The van der Waals surface area contributed by atoms with E-state index >= 15 is 0 Å². The lowest BCUT2D eigenvalue weighted by atomic mass is 10.0. The van der Waals surface area contributed by atoms with Gasteiger partial charge < -0.3 is 9.84 Å². The Hall–Kier alpha value is -1.87. The molecule has 2 rings (SSSR count). The topological polar surface area (TPSA) is 42.4 Å². The first-order valence-corrected chi connectivity index (χ1v) is 6.35. The molecule has 3 nitrogen and oxygen atoms in total. The van der Waals surface area contributed by atoms with Gasteiger partial charge in [0, 0.05) is 12.6 Å². The molecule has 0 spiro atoms. The average Bonchev–Trinajstić information content (AvgIpc) is 2.43. The Morgan fingerprint density at radius 2 is 2.00 bits per heavy atom. The molecule has 0 bridgehead atoms. The first-order valence-electron chi connectivity index (χ1n) is 6.35. The quantitative estimate of drug-likeness (QED) is 0.915. The fraction of sp³-hybridized carbons (Fsp3) is 0.312. The first-order chi connectivity index (χ1) is 9.11. The van der Waals surface area contributed by atoms with Crippen LogP contribution >= 0.6 is 0 Å². The summed E-state index contributed by atoms with van der Waals surface area (Å²) in [5, 5.41) is 10.3. The maximum absolute atomic E-state index is 10.3. The second kappa shape index (κ2) is 5.85. The molecule has 1 atom stereocenters. The van der Waals surface area contributed by atoms with E-state index in [1.165, 1.54) is 11.1 Å². The maximum atomic E-state index is 10.3. The summed E-state index contributed by atoms with van der Waals surface area (Å²) in [6, 6.07) is 9.83. The molecular formula is C16H19NO2. The van der Waals surface area contributed by atoms with Crippen molar-refractivity contribution in [2.45, 2.75) is 26.4 Å². The van der Waals surface area contributed by atoms with E-state index < -0.39 is 6.10 Å². The van der Waals surface area contributed by atoms with Crippen LogP contribution in [0.5, 0.6) is 5.75 Å². The number of benzene rings is 1. The number of hydrogen-bond acceptors (Lipinski definition) is 3. The van der Waals surface area contributed by atoms with Crippen molar-refractivity contribution >= 4 is 0 Å². The Morgan fingerprint density at radius 3 is 2.68 bits per heavy atom. The largest absolute Gasteiger partial charge is 0.495 e. The minimum Gasteiger partial charge on any atom is -0.495 e. The number of hydrogen-bond donors (Lipinski definition) is 1. The van der Waals surface area contributed by atoms with Gasteiger partial charge in [0.15, 0.2) is 0 Å². The molecule has 1 heterocycles. The van der Waals surface area contributed by atoms with Crippen LogP contribution in [-0.2, 0) is 6.42 Å². The molecule has 1 unspecified atom stereocenters. The Bertz CT molecular complexity index is 566. The summed E-state index contributed by atoms with van der Waals surface area (Å²) in [6.07, 6.45) is 1.55. The van der Waals surface area contributed by atoms with Crippen LogP contribution in [0.3, 0.4) is 0 Å². The minimum absolute atomic E-state index is 0.536. The van der Waals surface area contributed by atoms with E-state index in [2.05, 4.69) is 31.0 Å². The van der Waals surface area contributed by atoms with E-state index in [0.717, 1.165) is 5.56 Å². The molecule has 0 radical (unpaired) electrons. The third-order valence-corrected chi connectivity index (χ3v) is 3.34. The van der Waals surface area contributed by atoms with E-state index in [1.807, 2.05) is 12.1 Å². The molecule has 1 aromatic heterocycles. The van der Waals surface area contributed by atoms with Crippen molar-refractivity contribution in [1.82, 2.24) is 4.98 Å². The van der Waals surface area contributed by atoms with Crippen LogP contribution in [-0.4, -0.2) is 17.2 Å². The number of methoxy groups -OCH3 is 1. The zero-order valence-corrected chi connectivity index (χ0v) is 11.6. The lowest BCUT2D eigenvalue weighted by Crippen LogP contribution is -2.06. The number of aliphatic hydroxyl groups is 1. The zero-order valence-electron chi connectivity index (χ0n) is 11.6. The van der Waals surface area contributed by atoms with Crippen LogP contribution in [0.4, 0.5) is 0 Å². The molecule has 0 amide bonds. The summed E-state index contributed by atoms with van der Waals surface area (Å²) in [6.45, 7) is 4.16. The number of aromatic nitrogens is 1. The zero-order chi connectivity index (χ0) is 13.8. The number of rotatable bonds is 4. The highest BCUT2D eigenvalue weighted by Gasteiger charge is 2.15. The van der Waals surface area contributed by atoms with Crippen LogP contribution in [0.25, 0.3) is 0 Å². The molecule has 0 fully saturated rings. The molecule has 0 aliphatic heterocycles. The van der Waals surface area contributed by atoms with Gasteiger partial charge in [-0.1, -0.05) is 18.2 Å². The Labute approximate surface area is 113 Å². The van der Waals surface area contributed by atoms with Crippen molar-refractivity contribution in [3.05, 3.63) is 58.9 Å². The fourth-order valence-electron chi connectivity index (χ4n) is 2.08. The van der Waals surface area contributed by atoms with Gasteiger partial charge in [0.25, 0.3) is 0 Å². The highest BCUT2D eigenvalue weighted by atomic mass is 16.5. The summed E-state index contributed by atoms with van der Waals surface area (Å²) >= 11 is 0. The van der Waals surface area contributed by atoms with Gasteiger partial charge in [0.05, 0.1) is 7.11 Å². The summed E-state index contributed by atoms with van der Waals surface area (Å²) in [5.74, 6) is 0.624. The molecule has 0 saturated heterocycles. The van der Waals surface area contributed by atoms with Gasteiger partial charge in [0.2, 0.25) is 0 Å². The predicted molar refractivity (Wildman–Crippen MR) is 75.4 cm³/mol. The van der Waals surface area contributed by atoms with Gasteiger partial charge in [-0.05, 0) is 42.7 Å². The van der Waals surface area contributed by atoms with E-state index in [-0.39, 0.29) is 0 Å². The van der Waals surface area contributed by atoms with Crippen LogP contribution in [0.2, 0.25) is 0 Å². The van der Waals surface area contributed by atoms with Crippen molar-refractivity contribution < 1.29 is 9.84 Å². The molecular weight excluding hydrogens is 238 g/mol. The average molecular weight is 257 g/mol. The Balaban J connectivity index is 2.20. The van der Waals surface area contributed by atoms with Gasteiger partial charge in [0.1, 0.15) is 17.5 Å². The van der Waals surface area contributed by atoms with E-state index in [0.29, 0.717) is 17.9 Å². The lowest BCUT2D eigenvalue weighted by molar-refractivity contribution is 0.169. The number of pyridine rings is 1. The number of ether oxygens (including phenoxy) is 1. The third-order valence-electron chi connectivity index (χ3n) is 3.34. The number of aliphatic hydroxyl groups excluding tert-OH is 1. The second-order valence-corrected chi connectivity index (χ2v) is 4.73. The van der Waals surface area contributed by atoms with Crippen molar-refractivity contribution in [2.24, 2.45) is 0 Å². The summed E-state index contributed by atoms with van der Waals surface area (Å²) in [7, 11) is 1.59. The monoisotopic (exact) mass is 257 g/mol. The van der Waals surface area contributed by atoms with Gasteiger partial charge >= 0.3 is 0 Å². The second-order valence-electron chi connectivity index (χ2n) is 4.73. The van der Waals surface area contributed by atoms with Gasteiger partial charge in [-0.3, -0.25) is 4.98 Å². The van der Waals surface area contributed by atoms with Crippen molar-refractivity contribution in [1.29, 1.82) is 0 Å². The summed E-state index contributed by atoms with van der Waals surface area (Å²) in [5.41, 5.74) is 4.18. The SMILES string of the molecule is COc1cccnc1C(O)Cc1ccc(C)c(C)c1. The fourth-order valence-corrected chi connectivity index (χ4v) is 2.08.